The maximum Gasteiger partial charge on any atom is 0.155 e. The average molecular weight is 254 g/mol. The number of hydrogen-bond acceptors (Lipinski definition) is 3. The van der Waals surface area contributed by atoms with Crippen LogP contribution in [0.4, 0.5) is 5.82 Å². The SMILES string of the molecule is Cc1c(Cl)nnc(NC2CCCCCC2)c1C. The summed E-state index contributed by atoms with van der Waals surface area (Å²) in [4.78, 5) is 0. The lowest BCUT2D eigenvalue weighted by Gasteiger charge is -2.18. The third-order valence-electron chi connectivity index (χ3n) is 3.66. The molecule has 1 N–H and O–H groups in total. The van der Waals surface area contributed by atoms with Gasteiger partial charge in [0.05, 0.1) is 0 Å². The first-order valence-electron chi connectivity index (χ1n) is 6.44. The van der Waals surface area contributed by atoms with Gasteiger partial charge in [-0.1, -0.05) is 37.3 Å². The number of rotatable bonds is 2. The van der Waals surface area contributed by atoms with E-state index in [0.717, 1.165) is 16.9 Å². The van der Waals surface area contributed by atoms with E-state index >= 15 is 0 Å². The summed E-state index contributed by atoms with van der Waals surface area (Å²) >= 11 is 5.95. The minimum absolute atomic E-state index is 0.508. The van der Waals surface area contributed by atoms with Crippen molar-refractivity contribution in [1.82, 2.24) is 10.2 Å². The molecule has 1 aliphatic rings. The topological polar surface area (TPSA) is 37.8 Å². The summed E-state index contributed by atoms with van der Waals surface area (Å²) in [6.07, 6.45) is 7.84. The van der Waals surface area contributed by atoms with Crippen LogP contribution >= 0.6 is 11.6 Å². The summed E-state index contributed by atoms with van der Waals surface area (Å²) in [6, 6.07) is 0.547. The van der Waals surface area contributed by atoms with Gasteiger partial charge in [0.2, 0.25) is 0 Å². The molecule has 1 aromatic rings. The van der Waals surface area contributed by atoms with E-state index in [1.165, 1.54) is 38.5 Å². The van der Waals surface area contributed by atoms with Crippen molar-refractivity contribution in [2.45, 2.75) is 58.4 Å². The van der Waals surface area contributed by atoms with Crippen molar-refractivity contribution in [3.63, 3.8) is 0 Å². The second kappa shape index (κ2) is 5.67. The van der Waals surface area contributed by atoms with Gasteiger partial charge in [0, 0.05) is 6.04 Å². The van der Waals surface area contributed by atoms with Crippen LogP contribution in [0.15, 0.2) is 0 Å². The summed E-state index contributed by atoms with van der Waals surface area (Å²) in [5.74, 6) is 0.902. The van der Waals surface area contributed by atoms with Gasteiger partial charge in [-0.15, -0.1) is 10.2 Å². The van der Waals surface area contributed by atoms with E-state index in [4.69, 9.17) is 11.6 Å². The number of anilines is 1. The van der Waals surface area contributed by atoms with Crippen LogP contribution in [0.1, 0.15) is 49.7 Å². The van der Waals surface area contributed by atoms with Gasteiger partial charge in [-0.2, -0.15) is 0 Å². The van der Waals surface area contributed by atoms with E-state index in [1.54, 1.807) is 0 Å². The fourth-order valence-electron chi connectivity index (χ4n) is 2.33. The normalized spacial score (nSPS) is 17.8. The molecule has 2 rings (SSSR count). The first kappa shape index (κ1) is 12.6. The van der Waals surface area contributed by atoms with Crippen molar-refractivity contribution in [3.8, 4) is 0 Å². The summed E-state index contributed by atoms with van der Waals surface area (Å²) in [5, 5.41) is 12.2. The Morgan fingerprint density at radius 3 is 2.29 bits per heavy atom. The van der Waals surface area contributed by atoms with E-state index in [9.17, 15) is 0 Å². The van der Waals surface area contributed by atoms with Gasteiger partial charge in [-0.3, -0.25) is 0 Å². The molecule has 0 spiro atoms. The number of nitrogens with one attached hydrogen (secondary N) is 1. The number of aromatic nitrogens is 2. The molecule has 1 heterocycles. The highest BCUT2D eigenvalue weighted by molar-refractivity contribution is 6.30. The highest BCUT2D eigenvalue weighted by Crippen LogP contribution is 2.24. The van der Waals surface area contributed by atoms with E-state index in [-0.39, 0.29) is 0 Å². The van der Waals surface area contributed by atoms with Crippen molar-refractivity contribution in [1.29, 1.82) is 0 Å². The van der Waals surface area contributed by atoms with Gasteiger partial charge in [0.25, 0.3) is 0 Å². The molecule has 1 aromatic heterocycles. The first-order valence-corrected chi connectivity index (χ1v) is 6.82. The Morgan fingerprint density at radius 1 is 1.00 bits per heavy atom. The van der Waals surface area contributed by atoms with Crippen LogP contribution < -0.4 is 5.32 Å². The molecule has 4 heteroatoms. The van der Waals surface area contributed by atoms with Crippen LogP contribution in [0, 0.1) is 13.8 Å². The lowest BCUT2D eigenvalue weighted by molar-refractivity contribution is 0.615. The largest absolute Gasteiger partial charge is 0.366 e. The van der Waals surface area contributed by atoms with Crippen LogP contribution in [0.3, 0.4) is 0 Å². The molecule has 3 nitrogen and oxygen atoms in total. The average Bonchev–Trinajstić information content (AvgIpc) is 2.59. The minimum atomic E-state index is 0.508. The molecule has 0 radical (unpaired) electrons. The van der Waals surface area contributed by atoms with Crippen molar-refractivity contribution in [2.24, 2.45) is 0 Å². The quantitative estimate of drug-likeness (QED) is 0.813. The van der Waals surface area contributed by atoms with E-state index in [2.05, 4.69) is 22.4 Å². The molecular weight excluding hydrogens is 234 g/mol. The first-order chi connectivity index (χ1) is 8.18. The fourth-order valence-corrected chi connectivity index (χ4v) is 2.51. The molecule has 0 aromatic carbocycles. The van der Waals surface area contributed by atoms with Crippen LogP contribution in [-0.2, 0) is 0 Å². The molecule has 0 unspecified atom stereocenters. The second-order valence-corrected chi connectivity index (χ2v) is 5.28. The van der Waals surface area contributed by atoms with Crippen LogP contribution in [0.25, 0.3) is 0 Å². The Balaban J connectivity index is 2.09. The van der Waals surface area contributed by atoms with Gasteiger partial charge in [-0.05, 0) is 37.8 Å². The zero-order valence-corrected chi connectivity index (χ0v) is 11.3. The molecule has 0 aliphatic heterocycles. The van der Waals surface area contributed by atoms with E-state index in [1.807, 2.05) is 6.92 Å². The molecule has 94 valence electrons. The zero-order chi connectivity index (χ0) is 12.3. The highest BCUT2D eigenvalue weighted by atomic mass is 35.5. The van der Waals surface area contributed by atoms with Crippen molar-refractivity contribution < 1.29 is 0 Å². The zero-order valence-electron chi connectivity index (χ0n) is 10.6. The Labute approximate surface area is 108 Å². The Kier molecular flexibility index (Phi) is 4.21. The van der Waals surface area contributed by atoms with Gasteiger partial charge < -0.3 is 5.32 Å². The summed E-state index contributed by atoms with van der Waals surface area (Å²) in [7, 11) is 0. The monoisotopic (exact) mass is 253 g/mol. The van der Waals surface area contributed by atoms with Crippen molar-refractivity contribution >= 4 is 17.4 Å². The van der Waals surface area contributed by atoms with Crippen LogP contribution in [0.2, 0.25) is 5.15 Å². The lowest BCUT2D eigenvalue weighted by atomic mass is 10.1. The minimum Gasteiger partial charge on any atom is -0.366 e. The lowest BCUT2D eigenvalue weighted by Crippen LogP contribution is -2.20. The summed E-state index contributed by atoms with van der Waals surface area (Å²) in [6.45, 7) is 4.04. The third kappa shape index (κ3) is 3.09. The molecule has 1 fully saturated rings. The molecular formula is C13H20ClN3. The van der Waals surface area contributed by atoms with Crippen molar-refractivity contribution in [2.75, 3.05) is 5.32 Å². The van der Waals surface area contributed by atoms with Gasteiger partial charge in [0.1, 0.15) is 0 Å². The van der Waals surface area contributed by atoms with Gasteiger partial charge in [-0.25, -0.2) is 0 Å². The number of hydrogen-bond donors (Lipinski definition) is 1. The van der Waals surface area contributed by atoms with E-state index in [0.29, 0.717) is 11.2 Å². The van der Waals surface area contributed by atoms with E-state index < -0.39 is 0 Å². The van der Waals surface area contributed by atoms with Crippen molar-refractivity contribution in [3.05, 3.63) is 16.3 Å². The van der Waals surface area contributed by atoms with Gasteiger partial charge in [0.15, 0.2) is 11.0 Å². The molecule has 0 amide bonds. The van der Waals surface area contributed by atoms with Crippen LogP contribution in [-0.4, -0.2) is 16.2 Å². The molecule has 0 bridgehead atoms. The Hall–Kier alpha value is -0.830. The van der Waals surface area contributed by atoms with Gasteiger partial charge >= 0.3 is 0 Å². The third-order valence-corrected chi connectivity index (χ3v) is 4.02. The molecule has 1 aliphatic carbocycles. The molecule has 0 atom stereocenters. The smallest absolute Gasteiger partial charge is 0.155 e. The summed E-state index contributed by atoms with van der Waals surface area (Å²) < 4.78 is 0. The molecule has 17 heavy (non-hydrogen) atoms. The maximum atomic E-state index is 5.95. The highest BCUT2D eigenvalue weighted by Gasteiger charge is 2.15. The predicted octanol–water partition coefficient (Wildman–Crippen LogP) is 3.88. The fraction of sp³-hybridized carbons (Fsp3) is 0.692. The molecule has 1 saturated carbocycles. The summed E-state index contributed by atoms with van der Waals surface area (Å²) in [5.41, 5.74) is 2.15. The Morgan fingerprint density at radius 2 is 1.65 bits per heavy atom. The Bertz CT molecular complexity index is 384. The number of nitrogens with zero attached hydrogens (tertiary/aromatic N) is 2. The standard InChI is InChI=1S/C13H20ClN3/c1-9-10(2)13(17-16-12(9)14)15-11-7-5-3-4-6-8-11/h11H,3-8H2,1-2H3,(H,15,17). The number of halogens is 1. The predicted molar refractivity (Wildman–Crippen MR) is 71.6 cm³/mol. The maximum absolute atomic E-state index is 5.95. The second-order valence-electron chi connectivity index (χ2n) is 4.92. The molecule has 0 saturated heterocycles. The van der Waals surface area contributed by atoms with Crippen LogP contribution in [0.5, 0.6) is 0 Å².